The molecular formula is C19H18BrClN2O7S. The molecule has 0 radical (unpaired) electrons. The van der Waals surface area contributed by atoms with E-state index in [1.54, 1.807) is 0 Å². The third-order valence-corrected chi connectivity index (χ3v) is 7.00. The van der Waals surface area contributed by atoms with E-state index in [0.717, 1.165) is 0 Å². The van der Waals surface area contributed by atoms with Gasteiger partial charge in [-0.1, -0.05) is 27.5 Å². The van der Waals surface area contributed by atoms with Gasteiger partial charge in [0.15, 0.2) is 6.61 Å². The molecule has 1 aliphatic heterocycles. The third kappa shape index (κ3) is 5.74. The van der Waals surface area contributed by atoms with Gasteiger partial charge in [-0.15, -0.1) is 0 Å². The first-order valence-corrected chi connectivity index (χ1v) is 11.6. The molecule has 1 fully saturated rings. The van der Waals surface area contributed by atoms with Crippen LogP contribution in [-0.4, -0.2) is 62.6 Å². The summed E-state index contributed by atoms with van der Waals surface area (Å²) in [6.45, 7) is 0.215. The van der Waals surface area contributed by atoms with Gasteiger partial charge in [0, 0.05) is 22.6 Å². The summed E-state index contributed by atoms with van der Waals surface area (Å²) in [5, 5.41) is 12.4. The Labute approximate surface area is 192 Å². The Hall–Kier alpha value is -2.18. The fourth-order valence-corrected chi connectivity index (χ4v) is 4.89. The maximum atomic E-state index is 13.0. The average molecular weight is 534 g/mol. The van der Waals surface area contributed by atoms with Gasteiger partial charge >= 0.3 is 5.97 Å². The molecule has 0 atom stereocenters. The van der Waals surface area contributed by atoms with Gasteiger partial charge in [0.1, 0.15) is 16.2 Å². The Morgan fingerprint density at radius 3 is 2.61 bits per heavy atom. The van der Waals surface area contributed by atoms with Crippen molar-refractivity contribution in [2.75, 3.05) is 38.2 Å². The monoisotopic (exact) mass is 532 g/mol. The van der Waals surface area contributed by atoms with Crippen LogP contribution in [0.25, 0.3) is 0 Å². The molecule has 1 saturated heterocycles. The number of ether oxygens (including phenoxy) is 2. The van der Waals surface area contributed by atoms with Crippen molar-refractivity contribution in [2.24, 2.45) is 0 Å². The zero-order chi connectivity index (χ0) is 22.6. The first-order chi connectivity index (χ1) is 14.7. The van der Waals surface area contributed by atoms with Crippen LogP contribution in [0.5, 0.6) is 5.75 Å². The number of morpholine rings is 1. The predicted octanol–water partition coefficient (Wildman–Crippen LogP) is 2.62. The van der Waals surface area contributed by atoms with Gasteiger partial charge in [0.05, 0.1) is 18.9 Å². The highest BCUT2D eigenvalue weighted by Crippen LogP contribution is 2.28. The molecule has 1 aliphatic rings. The number of sulfonamides is 1. The smallest absolute Gasteiger partial charge is 0.342 e. The number of hydrogen-bond acceptors (Lipinski definition) is 7. The second-order valence-corrected chi connectivity index (χ2v) is 9.70. The predicted molar refractivity (Wildman–Crippen MR) is 116 cm³/mol. The Morgan fingerprint density at radius 2 is 1.90 bits per heavy atom. The molecule has 9 nitrogen and oxygen atoms in total. The van der Waals surface area contributed by atoms with Crippen LogP contribution >= 0.6 is 27.5 Å². The van der Waals surface area contributed by atoms with E-state index in [0.29, 0.717) is 4.47 Å². The number of esters is 1. The van der Waals surface area contributed by atoms with Crippen molar-refractivity contribution < 1.29 is 32.6 Å². The van der Waals surface area contributed by atoms with E-state index in [1.807, 2.05) is 0 Å². The molecule has 0 unspecified atom stereocenters. The van der Waals surface area contributed by atoms with Crippen LogP contribution in [-0.2, 0) is 24.3 Å². The average Bonchev–Trinajstić information content (AvgIpc) is 2.74. The number of amides is 1. The van der Waals surface area contributed by atoms with Gasteiger partial charge in [-0.3, -0.25) is 4.79 Å². The highest BCUT2D eigenvalue weighted by molar-refractivity contribution is 9.10. The van der Waals surface area contributed by atoms with Crippen molar-refractivity contribution >= 4 is 55.1 Å². The van der Waals surface area contributed by atoms with Crippen molar-refractivity contribution in [3.8, 4) is 5.75 Å². The summed E-state index contributed by atoms with van der Waals surface area (Å²) in [7, 11) is -3.91. The fraction of sp³-hybridized carbons (Fsp3) is 0.263. The lowest BCUT2D eigenvalue weighted by Gasteiger charge is -2.27. The lowest BCUT2D eigenvalue weighted by Crippen LogP contribution is -2.41. The Kier molecular flexibility index (Phi) is 7.55. The maximum Gasteiger partial charge on any atom is 0.342 e. The van der Waals surface area contributed by atoms with E-state index < -0.39 is 28.5 Å². The van der Waals surface area contributed by atoms with Crippen LogP contribution in [0.15, 0.2) is 45.8 Å². The molecule has 2 aromatic carbocycles. The number of aromatic hydroxyl groups is 1. The third-order valence-electron chi connectivity index (χ3n) is 4.32. The van der Waals surface area contributed by atoms with Crippen LogP contribution in [0, 0.1) is 0 Å². The number of anilines is 1. The minimum Gasteiger partial charge on any atom is -0.507 e. The second kappa shape index (κ2) is 9.96. The Morgan fingerprint density at radius 1 is 1.19 bits per heavy atom. The first kappa shape index (κ1) is 23.5. The van der Waals surface area contributed by atoms with Crippen molar-refractivity contribution in [3.63, 3.8) is 0 Å². The maximum absolute atomic E-state index is 13.0. The van der Waals surface area contributed by atoms with Crippen molar-refractivity contribution in [3.05, 3.63) is 51.5 Å². The fourth-order valence-electron chi connectivity index (χ4n) is 2.82. The number of carbonyl (C=O) groups excluding carboxylic acids is 2. The zero-order valence-electron chi connectivity index (χ0n) is 16.0. The van der Waals surface area contributed by atoms with Crippen LogP contribution in [0.3, 0.4) is 0 Å². The van der Waals surface area contributed by atoms with Crippen LogP contribution in [0.1, 0.15) is 10.4 Å². The molecule has 1 amide bonds. The van der Waals surface area contributed by atoms with Crippen molar-refractivity contribution in [1.29, 1.82) is 0 Å². The zero-order valence-corrected chi connectivity index (χ0v) is 19.2. The molecule has 0 saturated carbocycles. The van der Waals surface area contributed by atoms with Crippen LogP contribution < -0.4 is 5.32 Å². The molecule has 12 heteroatoms. The van der Waals surface area contributed by atoms with Gasteiger partial charge in [-0.2, -0.15) is 4.31 Å². The summed E-state index contributed by atoms with van der Waals surface area (Å²) in [4.78, 5) is 24.3. The summed E-state index contributed by atoms with van der Waals surface area (Å²) in [5.41, 5.74) is -0.161. The number of phenols is 1. The largest absolute Gasteiger partial charge is 0.507 e. The molecule has 2 aromatic rings. The summed E-state index contributed by atoms with van der Waals surface area (Å²) in [6, 6.07) is 8.19. The number of benzene rings is 2. The molecule has 0 bridgehead atoms. The van der Waals surface area contributed by atoms with E-state index in [1.165, 1.54) is 40.7 Å². The highest BCUT2D eigenvalue weighted by Gasteiger charge is 2.29. The van der Waals surface area contributed by atoms with E-state index in [4.69, 9.17) is 21.1 Å². The lowest BCUT2D eigenvalue weighted by molar-refractivity contribution is -0.119. The minimum atomic E-state index is -3.91. The van der Waals surface area contributed by atoms with Gasteiger partial charge in [0.25, 0.3) is 5.91 Å². The van der Waals surface area contributed by atoms with E-state index in [9.17, 15) is 23.1 Å². The second-order valence-electron chi connectivity index (χ2n) is 6.44. The van der Waals surface area contributed by atoms with E-state index in [-0.39, 0.29) is 53.2 Å². The molecule has 1 heterocycles. The lowest BCUT2D eigenvalue weighted by atomic mass is 10.2. The molecule has 0 aliphatic carbocycles. The summed E-state index contributed by atoms with van der Waals surface area (Å²) >= 11 is 9.15. The number of hydrogen-bond donors (Lipinski definition) is 2. The SMILES string of the molecule is O=C(COC(=O)c1cc(Br)ccc1O)Nc1cc(Cl)ccc1S(=O)(=O)N1CCOCC1. The standard InChI is InChI=1S/C19H18BrClN2O7S/c20-12-1-3-16(24)14(9-12)19(26)30-11-18(25)22-15-10-13(21)2-4-17(15)31(27,28)23-5-7-29-8-6-23/h1-4,9-10,24H,5-8,11H2,(H,22,25). The molecule has 3 rings (SSSR count). The van der Waals surface area contributed by atoms with Gasteiger partial charge in [-0.25, -0.2) is 13.2 Å². The van der Waals surface area contributed by atoms with Crippen molar-refractivity contribution in [2.45, 2.75) is 4.90 Å². The summed E-state index contributed by atoms with van der Waals surface area (Å²) in [6.07, 6.45) is 0. The summed E-state index contributed by atoms with van der Waals surface area (Å²) < 4.78 is 37.9. The Balaban J connectivity index is 1.73. The number of rotatable bonds is 6. The highest BCUT2D eigenvalue weighted by atomic mass is 79.9. The van der Waals surface area contributed by atoms with Gasteiger partial charge in [0.2, 0.25) is 10.0 Å². The number of carbonyl (C=O) groups is 2. The molecular weight excluding hydrogens is 516 g/mol. The molecule has 0 aromatic heterocycles. The number of halogens is 2. The Bertz CT molecular complexity index is 1100. The minimum absolute atomic E-state index is 0.0367. The molecule has 2 N–H and O–H groups in total. The molecule has 166 valence electrons. The quantitative estimate of drug-likeness (QED) is 0.547. The van der Waals surface area contributed by atoms with E-state index >= 15 is 0 Å². The first-order valence-electron chi connectivity index (χ1n) is 9.01. The van der Waals surface area contributed by atoms with Crippen molar-refractivity contribution in [1.82, 2.24) is 4.31 Å². The topological polar surface area (TPSA) is 122 Å². The van der Waals surface area contributed by atoms with E-state index in [2.05, 4.69) is 21.2 Å². The molecule has 0 spiro atoms. The normalized spacial score (nSPS) is 14.8. The number of nitrogens with one attached hydrogen (secondary N) is 1. The van der Waals surface area contributed by atoms with Crippen LogP contribution in [0.4, 0.5) is 5.69 Å². The summed E-state index contributed by atoms with van der Waals surface area (Å²) in [5.74, 6) is -1.99. The number of nitrogens with zero attached hydrogens (tertiary/aromatic N) is 1. The molecule has 31 heavy (non-hydrogen) atoms. The van der Waals surface area contributed by atoms with Gasteiger partial charge < -0.3 is 19.9 Å². The number of phenolic OH excluding ortho intramolecular Hbond substituents is 1. The van der Waals surface area contributed by atoms with Gasteiger partial charge in [-0.05, 0) is 36.4 Å². The van der Waals surface area contributed by atoms with Crippen LogP contribution in [0.2, 0.25) is 5.02 Å².